The van der Waals surface area contributed by atoms with Crippen molar-refractivity contribution >= 4 is 5.91 Å². The quantitative estimate of drug-likeness (QED) is 0.853. The first-order valence-electron chi connectivity index (χ1n) is 7.30. The second-order valence-corrected chi connectivity index (χ2v) is 5.37. The van der Waals surface area contributed by atoms with E-state index in [-0.39, 0.29) is 11.8 Å². The van der Waals surface area contributed by atoms with E-state index in [4.69, 9.17) is 5.73 Å². The van der Waals surface area contributed by atoms with Gasteiger partial charge >= 0.3 is 0 Å². The number of carbonyl (C=O) groups excluding carboxylic acids is 1. The summed E-state index contributed by atoms with van der Waals surface area (Å²) < 4.78 is 0. The second-order valence-electron chi connectivity index (χ2n) is 5.37. The Kier molecular flexibility index (Phi) is 4.97. The van der Waals surface area contributed by atoms with Crippen LogP contribution in [0.5, 0.6) is 0 Å². The van der Waals surface area contributed by atoms with Gasteiger partial charge in [-0.3, -0.25) is 4.79 Å². The first kappa shape index (κ1) is 14.1. The lowest BCUT2D eigenvalue weighted by molar-refractivity contribution is -0.126. The van der Waals surface area contributed by atoms with E-state index in [9.17, 15) is 4.79 Å². The Morgan fingerprint density at radius 2 is 2.05 bits per heavy atom. The van der Waals surface area contributed by atoms with Crippen molar-refractivity contribution in [3.8, 4) is 0 Å². The van der Waals surface area contributed by atoms with Gasteiger partial charge in [-0.05, 0) is 42.9 Å². The van der Waals surface area contributed by atoms with Crippen LogP contribution in [0.15, 0.2) is 24.3 Å². The fraction of sp³-hybridized carbons (Fsp3) is 0.562. The summed E-state index contributed by atoms with van der Waals surface area (Å²) in [6.45, 7) is 3.41. The minimum atomic E-state index is 0.124. The third-order valence-corrected chi connectivity index (χ3v) is 4.25. The molecule has 19 heavy (non-hydrogen) atoms. The van der Waals surface area contributed by atoms with Gasteiger partial charge < -0.3 is 11.1 Å². The fourth-order valence-corrected chi connectivity index (χ4v) is 3.05. The molecule has 1 saturated carbocycles. The number of aryl methyl sites for hydroxylation is 1. The summed E-state index contributed by atoms with van der Waals surface area (Å²) in [5.41, 5.74) is 8.27. The molecule has 0 radical (unpaired) electrons. The van der Waals surface area contributed by atoms with E-state index in [2.05, 4.69) is 24.4 Å². The maximum atomic E-state index is 12.2. The minimum Gasteiger partial charge on any atom is -0.352 e. The largest absolute Gasteiger partial charge is 0.352 e. The van der Waals surface area contributed by atoms with Gasteiger partial charge in [0.15, 0.2) is 0 Å². The molecule has 0 spiro atoms. The first-order chi connectivity index (χ1) is 9.26. The number of carbonyl (C=O) groups is 1. The lowest BCUT2D eigenvalue weighted by Crippen LogP contribution is -2.34. The molecular weight excluding hydrogens is 236 g/mol. The highest BCUT2D eigenvalue weighted by atomic mass is 16.1. The highest BCUT2D eigenvalue weighted by Gasteiger charge is 2.31. The average Bonchev–Trinajstić information content (AvgIpc) is 2.93. The number of hydrogen-bond acceptors (Lipinski definition) is 2. The third kappa shape index (κ3) is 3.35. The summed E-state index contributed by atoms with van der Waals surface area (Å²) >= 11 is 0. The van der Waals surface area contributed by atoms with E-state index in [1.807, 2.05) is 12.1 Å². The van der Waals surface area contributed by atoms with Crippen LogP contribution in [-0.4, -0.2) is 12.5 Å². The number of rotatable bonds is 5. The van der Waals surface area contributed by atoms with Gasteiger partial charge in [-0.1, -0.05) is 37.6 Å². The van der Waals surface area contributed by atoms with E-state index in [0.29, 0.717) is 19.0 Å². The number of nitrogens with two attached hydrogens (primary N) is 1. The van der Waals surface area contributed by atoms with E-state index < -0.39 is 0 Å². The fourth-order valence-electron chi connectivity index (χ4n) is 3.05. The zero-order chi connectivity index (χ0) is 13.7. The number of benzene rings is 1. The van der Waals surface area contributed by atoms with Crippen molar-refractivity contribution < 1.29 is 4.79 Å². The molecule has 0 heterocycles. The van der Waals surface area contributed by atoms with Crippen LogP contribution in [0.25, 0.3) is 0 Å². The summed E-state index contributed by atoms with van der Waals surface area (Å²) in [4.78, 5) is 12.2. The van der Waals surface area contributed by atoms with Gasteiger partial charge in [0.1, 0.15) is 0 Å². The molecule has 0 aromatic heterocycles. The Labute approximate surface area is 115 Å². The lowest BCUT2D eigenvalue weighted by Gasteiger charge is -2.18. The summed E-state index contributed by atoms with van der Waals surface area (Å²) in [6, 6.07) is 8.29. The molecule has 3 N–H and O–H groups in total. The van der Waals surface area contributed by atoms with Crippen LogP contribution in [0.4, 0.5) is 0 Å². The maximum Gasteiger partial charge on any atom is 0.223 e. The molecule has 3 heteroatoms. The lowest BCUT2D eigenvalue weighted by atomic mass is 9.95. The Morgan fingerprint density at radius 1 is 1.32 bits per heavy atom. The number of hydrogen-bond donors (Lipinski definition) is 2. The number of nitrogens with one attached hydrogen (secondary N) is 1. The monoisotopic (exact) mass is 260 g/mol. The van der Waals surface area contributed by atoms with Crippen molar-refractivity contribution in [3.05, 3.63) is 35.4 Å². The maximum absolute atomic E-state index is 12.2. The Morgan fingerprint density at radius 3 is 2.74 bits per heavy atom. The minimum absolute atomic E-state index is 0.124. The Hall–Kier alpha value is -1.35. The van der Waals surface area contributed by atoms with Crippen molar-refractivity contribution in [2.75, 3.05) is 6.54 Å². The summed E-state index contributed by atoms with van der Waals surface area (Å²) in [7, 11) is 0. The van der Waals surface area contributed by atoms with E-state index in [1.165, 1.54) is 11.1 Å². The molecule has 1 aliphatic carbocycles. The summed E-state index contributed by atoms with van der Waals surface area (Å²) in [5, 5.41) is 3.09. The van der Waals surface area contributed by atoms with E-state index in [0.717, 1.165) is 25.7 Å². The van der Waals surface area contributed by atoms with Gasteiger partial charge in [-0.25, -0.2) is 0 Å². The van der Waals surface area contributed by atoms with Gasteiger partial charge in [-0.15, -0.1) is 0 Å². The van der Waals surface area contributed by atoms with Crippen molar-refractivity contribution in [3.63, 3.8) is 0 Å². The molecule has 2 unspecified atom stereocenters. The molecule has 104 valence electrons. The van der Waals surface area contributed by atoms with E-state index in [1.54, 1.807) is 0 Å². The molecule has 0 saturated heterocycles. The topological polar surface area (TPSA) is 55.1 Å². The van der Waals surface area contributed by atoms with Crippen LogP contribution < -0.4 is 11.1 Å². The molecule has 3 nitrogen and oxygen atoms in total. The highest BCUT2D eigenvalue weighted by molar-refractivity contribution is 5.79. The Bertz CT molecular complexity index is 431. The standard InChI is InChI=1S/C16H24N2O/c1-2-12-6-3-4-7-14(12)11-18-16(19)15-9-5-8-13(15)10-17/h3-4,6-7,13,15H,2,5,8-11,17H2,1H3,(H,18,19). The highest BCUT2D eigenvalue weighted by Crippen LogP contribution is 2.31. The molecule has 1 amide bonds. The van der Waals surface area contributed by atoms with Crippen LogP contribution in [0, 0.1) is 11.8 Å². The zero-order valence-electron chi connectivity index (χ0n) is 11.7. The molecule has 1 aromatic carbocycles. The molecule has 1 fully saturated rings. The summed E-state index contributed by atoms with van der Waals surface area (Å²) in [5.74, 6) is 0.680. The molecular formula is C16H24N2O. The predicted molar refractivity (Wildman–Crippen MR) is 77.6 cm³/mol. The van der Waals surface area contributed by atoms with Crippen molar-refractivity contribution in [1.29, 1.82) is 0 Å². The van der Waals surface area contributed by atoms with Crippen LogP contribution in [-0.2, 0) is 17.8 Å². The normalized spacial score (nSPS) is 22.4. The van der Waals surface area contributed by atoms with Crippen molar-refractivity contribution in [1.82, 2.24) is 5.32 Å². The van der Waals surface area contributed by atoms with Crippen LogP contribution in [0.2, 0.25) is 0 Å². The second kappa shape index (κ2) is 6.71. The van der Waals surface area contributed by atoms with Crippen molar-refractivity contribution in [2.45, 2.75) is 39.2 Å². The molecule has 2 rings (SSSR count). The molecule has 0 aliphatic heterocycles. The average molecular weight is 260 g/mol. The van der Waals surface area contributed by atoms with Crippen LogP contribution in [0.3, 0.4) is 0 Å². The SMILES string of the molecule is CCc1ccccc1CNC(=O)C1CCCC1CN. The molecule has 1 aromatic rings. The zero-order valence-corrected chi connectivity index (χ0v) is 11.7. The summed E-state index contributed by atoms with van der Waals surface area (Å²) in [6.07, 6.45) is 4.22. The van der Waals surface area contributed by atoms with Gasteiger partial charge in [0.05, 0.1) is 0 Å². The third-order valence-electron chi connectivity index (χ3n) is 4.25. The van der Waals surface area contributed by atoms with Gasteiger partial charge in [0.25, 0.3) is 0 Å². The molecule has 0 bridgehead atoms. The van der Waals surface area contributed by atoms with Crippen LogP contribution in [0.1, 0.15) is 37.3 Å². The predicted octanol–water partition coefficient (Wildman–Crippen LogP) is 2.24. The first-order valence-corrected chi connectivity index (χ1v) is 7.30. The van der Waals surface area contributed by atoms with E-state index >= 15 is 0 Å². The number of amides is 1. The van der Waals surface area contributed by atoms with Crippen molar-refractivity contribution in [2.24, 2.45) is 17.6 Å². The van der Waals surface area contributed by atoms with Crippen LogP contribution >= 0.6 is 0 Å². The van der Waals surface area contributed by atoms with Gasteiger partial charge in [0.2, 0.25) is 5.91 Å². The molecule has 1 aliphatic rings. The molecule has 2 atom stereocenters. The van der Waals surface area contributed by atoms with Gasteiger partial charge in [0, 0.05) is 12.5 Å². The Balaban J connectivity index is 1.93. The van der Waals surface area contributed by atoms with Gasteiger partial charge in [-0.2, -0.15) is 0 Å². The smallest absolute Gasteiger partial charge is 0.223 e.